The Morgan fingerprint density at radius 3 is 2.63 bits per heavy atom. The molecule has 7 nitrogen and oxygen atoms in total. The topological polar surface area (TPSA) is 98.6 Å². The summed E-state index contributed by atoms with van der Waals surface area (Å²) in [5, 5.41) is 11.1. The molecule has 0 unspecified atom stereocenters. The predicted octanol–water partition coefficient (Wildman–Crippen LogP) is 3.48. The molecule has 0 aliphatic rings. The number of aliphatic imine (C=N–C) groups is 1. The minimum atomic E-state index is -3.48. The summed E-state index contributed by atoms with van der Waals surface area (Å²) < 4.78 is 26.4. The van der Waals surface area contributed by atoms with Crippen LogP contribution in [0.15, 0.2) is 51.8 Å². The molecule has 0 atom stereocenters. The van der Waals surface area contributed by atoms with E-state index in [0.717, 1.165) is 25.4 Å². The summed E-state index contributed by atoms with van der Waals surface area (Å²) in [6.45, 7) is 0. The Balaban J connectivity index is 1.73. The van der Waals surface area contributed by atoms with Gasteiger partial charge in [0.15, 0.2) is 5.88 Å². The molecule has 9 heteroatoms. The zero-order chi connectivity index (χ0) is 19.2. The molecule has 4 rings (SSSR count). The normalized spacial score (nSPS) is 12.7. The molecule has 0 fully saturated rings. The lowest BCUT2D eigenvalue weighted by molar-refractivity contribution is 0.457. The molecule has 2 N–H and O–H groups in total. The highest BCUT2D eigenvalue weighted by atomic mass is 32.2. The summed E-state index contributed by atoms with van der Waals surface area (Å²) in [5.41, 5.74) is 4.47. The number of nitrogens with one attached hydrogen (secondary N) is 1. The zero-order valence-electron chi connectivity index (χ0n) is 14.5. The fourth-order valence-corrected chi connectivity index (χ4v) is 4.39. The lowest BCUT2D eigenvalue weighted by Gasteiger charge is -2.10. The molecule has 0 saturated carbocycles. The van der Waals surface area contributed by atoms with Crippen molar-refractivity contribution in [1.82, 2.24) is 14.3 Å². The van der Waals surface area contributed by atoms with Crippen molar-refractivity contribution in [3.8, 4) is 5.88 Å². The number of nitrogens with zero attached hydrogens (tertiary/aromatic N) is 3. The number of fused-ring (bicyclic) bond motifs is 3. The van der Waals surface area contributed by atoms with Gasteiger partial charge in [-0.15, -0.1) is 11.3 Å². The molecule has 4 aromatic rings. The van der Waals surface area contributed by atoms with Crippen LogP contribution < -0.4 is 0 Å². The van der Waals surface area contributed by atoms with Crippen molar-refractivity contribution >= 4 is 54.4 Å². The highest BCUT2D eigenvalue weighted by molar-refractivity contribution is 7.89. The number of aromatic amines is 1. The maximum Gasteiger partial charge on any atom is 0.242 e. The molecule has 0 amide bonds. The Kier molecular flexibility index (Phi) is 4.22. The molecule has 0 saturated heterocycles. The number of hydrogen-bond acceptors (Lipinski definition) is 6. The number of sulfonamides is 1. The lowest BCUT2D eigenvalue weighted by Crippen LogP contribution is -2.21. The standard InChI is InChI=1S/C18H16N4O3S2/c1-22(2)27(24,25)12-5-3-11(4-6-12)19-9-13-16-14(21-18(13)23)7-8-15-17(16)20-10-26-15/h3-10,21,23H,1-2H3. The van der Waals surface area contributed by atoms with E-state index in [2.05, 4.69) is 15.0 Å². The predicted molar refractivity (Wildman–Crippen MR) is 108 cm³/mol. The van der Waals surface area contributed by atoms with E-state index >= 15 is 0 Å². The van der Waals surface area contributed by atoms with Gasteiger partial charge in [0.2, 0.25) is 10.0 Å². The van der Waals surface area contributed by atoms with Crippen molar-refractivity contribution in [3.05, 3.63) is 47.5 Å². The van der Waals surface area contributed by atoms with E-state index in [1.807, 2.05) is 12.1 Å². The van der Waals surface area contributed by atoms with Crippen LogP contribution in [-0.2, 0) is 10.0 Å². The molecule has 0 aliphatic heterocycles. The van der Waals surface area contributed by atoms with Gasteiger partial charge in [0, 0.05) is 25.7 Å². The Labute approximate surface area is 159 Å². The molecule has 0 bridgehead atoms. The second-order valence-corrected chi connectivity index (χ2v) is 9.15. The summed E-state index contributed by atoms with van der Waals surface area (Å²) in [5.74, 6) is 0.0149. The second-order valence-electron chi connectivity index (χ2n) is 6.11. The first kappa shape index (κ1) is 17.7. The van der Waals surface area contributed by atoms with Gasteiger partial charge in [-0.05, 0) is 36.4 Å². The summed E-state index contributed by atoms with van der Waals surface area (Å²) in [6, 6.07) is 10.1. The third kappa shape index (κ3) is 2.99. The van der Waals surface area contributed by atoms with Crippen LogP contribution in [0.3, 0.4) is 0 Å². The molecular weight excluding hydrogens is 384 g/mol. The van der Waals surface area contributed by atoms with Crippen LogP contribution in [0.1, 0.15) is 5.56 Å². The second kappa shape index (κ2) is 6.45. The smallest absolute Gasteiger partial charge is 0.242 e. The van der Waals surface area contributed by atoms with Gasteiger partial charge < -0.3 is 10.1 Å². The van der Waals surface area contributed by atoms with E-state index in [1.54, 1.807) is 23.9 Å². The molecule has 27 heavy (non-hydrogen) atoms. The molecule has 138 valence electrons. The van der Waals surface area contributed by atoms with Gasteiger partial charge >= 0.3 is 0 Å². The van der Waals surface area contributed by atoms with Crippen LogP contribution in [0.4, 0.5) is 5.69 Å². The molecule has 0 aliphatic carbocycles. The highest BCUT2D eigenvalue weighted by Gasteiger charge is 2.17. The van der Waals surface area contributed by atoms with E-state index in [1.165, 1.54) is 37.6 Å². The monoisotopic (exact) mass is 400 g/mol. The number of aromatic hydroxyl groups is 1. The SMILES string of the molecule is CN(C)S(=O)(=O)c1ccc(N=Cc2c(O)[nH]c3ccc4scnc4c23)cc1. The van der Waals surface area contributed by atoms with Crippen molar-refractivity contribution in [2.45, 2.75) is 4.90 Å². The van der Waals surface area contributed by atoms with Crippen molar-refractivity contribution in [3.63, 3.8) is 0 Å². The first-order valence-electron chi connectivity index (χ1n) is 8.01. The fourth-order valence-electron chi connectivity index (χ4n) is 2.80. The van der Waals surface area contributed by atoms with E-state index < -0.39 is 10.0 Å². The number of hydrogen-bond donors (Lipinski definition) is 2. The number of thiazole rings is 1. The van der Waals surface area contributed by atoms with E-state index in [9.17, 15) is 13.5 Å². The molecule has 2 aromatic carbocycles. The van der Waals surface area contributed by atoms with E-state index in [-0.39, 0.29) is 10.8 Å². The van der Waals surface area contributed by atoms with Crippen LogP contribution in [0.5, 0.6) is 5.88 Å². The minimum Gasteiger partial charge on any atom is -0.494 e. The first-order valence-corrected chi connectivity index (χ1v) is 10.3. The Bertz CT molecular complexity index is 1270. The average Bonchev–Trinajstić information content (AvgIpc) is 3.23. The molecular formula is C18H16N4O3S2. The largest absolute Gasteiger partial charge is 0.494 e. The maximum absolute atomic E-state index is 12.1. The fraction of sp³-hybridized carbons (Fsp3) is 0.111. The van der Waals surface area contributed by atoms with Crippen LogP contribution in [-0.4, -0.2) is 48.1 Å². The molecule has 0 spiro atoms. The van der Waals surface area contributed by atoms with Crippen LogP contribution >= 0.6 is 11.3 Å². The van der Waals surface area contributed by atoms with Gasteiger partial charge in [0.25, 0.3) is 0 Å². The number of H-pyrrole nitrogens is 1. The molecule has 2 aromatic heterocycles. The molecule has 0 radical (unpaired) electrons. The van der Waals surface area contributed by atoms with Crippen LogP contribution in [0.25, 0.3) is 21.1 Å². The third-order valence-electron chi connectivity index (χ3n) is 4.24. The van der Waals surface area contributed by atoms with Crippen LogP contribution in [0.2, 0.25) is 0 Å². The maximum atomic E-state index is 12.1. The van der Waals surface area contributed by atoms with Gasteiger partial charge in [-0.3, -0.25) is 4.99 Å². The van der Waals surface area contributed by atoms with E-state index in [4.69, 9.17) is 0 Å². The van der Waals surface area contributed by atoms with Gasteiger partial charge in [-0.1, -0.05) is 0 Å². The van der Waals surface area contributed by atoms with Crippen molar-refractivity contribution in [2.24, 2.45) is 4.99 Å². The average molecular weight is 400 g/mol. The van der Waals surface area contributed by atoms with Gasteiger partial charge in [-0.25, -0.2) is 17.7 Å². The Morgan fingerprint density at radius 1 is 1.19 bits per heavy atom. The van der Waals surface area contributed by atoms with Gasteiger partial charge in [0.1, 0.15) is 0 Å². The van der Waals surface area contributed by atoms with Gasteiger partial charge in [-0.2, -0.15) is 0 Å². The highest BCUT2D eigenvalue weighted by Crippen LogP contribution is 2.33. The van der Waals surface area contributed by atoms with Crippen molar-refractivity contribution in [2.75, 3.05) is 14.1 Å². The van der Waals surface area contributed by atoms with Crippen molar-refractivity contribution < 1.29 is 13.5 Å². The lowest BCUT2D eigenvalue weighted by atomic mass is 10.1. The first-order chi connectivity index (χ1) is 12.9. The number of rotatable bonds is 4. The number of aromatic nitrogens is 2. The summed E-state index contributed by atoms with van der Waals surface area (Å²) in [4.78, 5) is 11.9. The van der Waals surface area contributed by atoms with Crippen molar-refractivity contribution in [1.29, 1.82) is 0 Å². The third-order valence-corrected chi connectivity index (χ3v) is 6.86. The zero-order valence-corrected chi connectivity index (χ0v) is 16.2. The van der Waals surface area contributed by atoms with E-state index in [0.29, 0.717) is 11.3 Å². The summed E-state index contributed by atoms with van der Waals surface area (Å²) in [7, 11) is -0.503. The summed E-state index contributed by atoms with van der Waals surface area (Å²) >= 11 is 1.53. The Morgan fingerprint density at radius 2 is 1.93 bits per heavy atom. The quantitative estimate of drug-likeness (QED) is 0.512. The Hall–Kier alpha value is -2.75. The minimum absolute atomic E-state index is 0.0149. The number of benzene rings is 2. The van der Waals surface area contributed by atoms with Gasteiger partial charge in [0.05, 0.1) is 37.4 Å². The van der Waals surface area contributed by atoms with Crippen LogP contribution in [0, 0.1) is 0 Å². The molecule has 2 heterocycles. The summed E-state index contributed by atoms with van der Waals surface area (Å²) in [6.07, 6.45) is 1.56.